The number of nitrogens with zero attached hydrogens (tertiary/aromatic N) is 5. The van der Waals surface area contributed by atoms with Gasteiger partial charge in [0.2, 0.25) is 17.7 Å². The lowest BCUT2D eigenvalue weighted by Gasteiger charge is -2.56. The average Bonchev–Trinajstić information content (AvgIpc) is 3.34. The van der Waals surface area contributed by atoms with E-state index in [0.29, 0.717) is 37.5 Å². The molecule has 2 amide bonds. The van der Waals surface area contributed by atoms with Crippen molar-refractivity contribution in [2.24, 2.45) is 11.8 Å². The van der Waals surface area contributed by atoms with Crippen LogP contribution in [0.15, 0.2) is 24.4 Å². The Bertz CT molecular complexity index is 962. The molecular weight excluding hydrogens is 394 g/mol. The molecule has 0 aromatic carbocycles. The number of carbonyl (C=O) groups excluding carboxylic acids is 2. The maximum atomic E-state index is 13.6. The van der Waals surface area contributed by atoms with Gasteiger partial charge in [-0.15, -0.1) is 0 Å². The topological polar surface area (TPSA) is 89.8 Å². The minimum absolute atomic E-state index is 0.0378. The minimum atomic E-state index is -0.425. The van der Waals surface area contributed by atoms with Crippen LogP contribution in [-0.4, -0.2) is 72.0 Å². The number of ether oxygens (including phenoxy) is 1. The van der Waals surface area contributed by atoms with Gasteiger partial charge < -0.3 is 19.4 Å². The highest BCUT2D eigenvalue weighted by molar-refractivity contribution is 5.89. The van der Waals surface area contributed by atoms with Crippen molar-refractivity contribution in [3.63, 3.8) is 0 Å². The first-order valence-corrected chi connectivity index (χ1v) is 11.1. The summed E-state index contributed by atoms with van der Waals surface area (Å²) >= 11 is 0. The fourth-order valence-electron chi connectivity index (χ4n) is 5.97. The first-order chi connectivity index (χ1) is 15.1. The normalized spacial score (nSPS) is 29.5. The van der Waals surface area contributed by atoms with Crippen LogP contribution in [0.5, 0.6) is 5.88 Å². The molecule has 0 saturated carbocycles. The molecule has 0 unspecified atom stereocenters. The third kappa shape index (κ3) is 3.23. The number of anilines is 1. The van der Waals surface area contributed by atoms with Crippen LogP contribution in [0.2, 0.25) is 0 Å². The number of aromatic nitrogens is 1. The van der Waals surface area contributed by atoms with Crippen LogP contribution in [-0.2, 0) is 9.59 Å². The van der Waals surface area contributed by atoms with E-state index in [9.17, 15) is 14.9 Å². The van der Waals surface area contributed by atoms with Gasteiger partial charge in [0, 0.05) is 50.8 Å². The molecule has 4 aliphatic rings. The Hall–Kier alpha value is -3.08. The Kier molecular flexibility index (Phi) is 5.05. The number of methoxy groups -OCH3 is 1. The first-order valence-electron chi connectivity index (χ1n) is 11.1. The molecule has 8 heteroatoms. The average molecular weight is 422 g/mol. The van der Waals surface area contributed by atoms with Gasteiger partial charge in [-0.25, -0.2) is 4.98 Å². The van der Waals surface area contributed by atoms with E-state index in [-0.39, 0.29) is 29.7 Å². The number of amides is 2. The van der Waals surface area contributed by atoms with Crippen molar-refractivity contribution < 1.29 is 14.3 Å². The summed E-state index contributed by atoms with van der Waals surface area (Å²) in [7, 11) is 1.52. The zero-order chi connectivity index (χ0) is 21.5. The molecule has 3 saturated heterocycles. The van der Waals surface area contributed by atoms with Gasteiger partial charge in [0.05, 0.1) is 12.8 Å². The number of rotatable bonds is 3. The van der Waals surface area contributed by atoms with Crippen molar-refractivity contribution in [3.05, 3.63) is 30.0 Å². The number of carbonyl (C=O) groups is 2. The van der Waals surface area contributed by atoms with Crippen LogP contribution in [0.25, 0.3) is 0 Å². The molecule has 4 atom stereocenters. The van der Waals surface area contributed by atoms with E-state index in [0.717, 1.165) is 31.5 Å². The van der Waals surface area contributed by atoms with Crippen molar-refractivity contribution in [2.75, 3.05) is 38.2 Å². The molecule has 0 radical (unpaired) electrons. The molecule has 4 aliphatic heterocycles. The first kappa shape index (κ1) is 19.9. The molecule has 1 aromatic heterocycles. The summed E-state index contributed by atoms with van der Waals surface area (Å²) in [6, 6.07) is 3.75. The van der Waals surface area contributed by atoms with E-state index in [4.69, 9.17) is 4.74 Å². The Morgan fingerprint density at radius 1 is 1.26 bits per heavy atom. The van der Waals surface area contributed by atoms with E-state index < -0.39 is 6.04 Å². The highest BCUT2D eigenvalue weighted by Crippen LogP contribution is 2.44. The van der Waals surface area contributed by atoms with Crippen LogP contribution in [0.3, 0.4) is 0 Å². The Labute approximate surface area is 182 Å². The molecule has 0 N–H and O–H groups in total. The standard InChI is InChI=1S/C23H27N5O3/c1-31-22-17(12-24)19(7-8-25-22)27-13-15-11-16(14-27)21(23(30)26-9-2-3-10-26)28-18(15)5-4-6-20(28)29/h2-3,7-8,15-16,18,21H,4-6,9-11,13-14H2,1H3/t15-,16+,18+,21-/m1/s1. The van der Waals surface area contributed by atoms with Crippen molar-refractivity contribution in [1.29, 1.82) is 5.26 Å². The van der Waals surface area contributed by atoms with E-state index >= 15 is 0 Å². The van der Waals surface area contributed by atoms with E-state index in [1.807, 2.05) is 28.0 Å². The zero-order valence-electron chi connectivity index (χ0n) is 17.7. The van der Waals surface area contributed by atoms with Gasteiger partial charge in [-0.1, -0.05) is 12.2 Å². The fourth-order valence-corrected chi connectivity index (χ4v) is 5.97. The third-order valence-electron chi connectivity index (χ3n) is 7.26. The van der Waals surface area contributed by atoms with Crippen molar-refractivity contribution in [3.8, 4) is 11.9 Å². The maximum absolute atomic E-state index is 13.6. The molecule has 5 heterocycles. The van der Waals surface area contributed by atoms with Crippen LogP contribution in [0.4, 0.5) is 5.69 Å². The zero-order valence-corrected chi connectivity index (χ0v) is 17.7. The van der Waals surface area contributed by atoms with Gasteiger partial charge in [-0.05, 0) is 31.2 Å². The second-order valence-corrected chi connectivity index (χ2v) is 8.91. The van der Waals surface area contributed by atoms with Gasteiger partial charge >= 0.3 is 0 Å². The smallest absolute Gasteiger partial charge is 0.246 e. The molecule has 162 valence electrons. The van der Waals surface area contributed by atoms with E-state index in [1.165, 1.54) is 7.11 Å². The van der Waals surface area contributed by atoms with Crippen LogP contribution in [0, 0.1) is 23.2 Å². The Morgan fingerprint density at radius 2 is 2.03 bits per heavy atom. The summed E-state index contributed by atoms with van der Waals surface area (Å²) in [4.78, 5) is 36.7. The number of piperidine rings is 3. The van der Waals surface area contributed by atoms with Gasteiger partial charge in [0.15, 0.2) is 0 Å². The van der Waals surface area contributed by atoms with Gasteiger partial charge in [-0.3, -0.25) is 9.59 Å². The van der Waals surface area contributed by atoms with Crippen molar-refractivity contribution in [1.82, 2.24) is 14.8 Å². The van der Waals surface area contributed by atoms with Gasteiger partial charge in [0.25, 0.3) is 0 Å². The third-order valence-corrected chi connectivity index (χ3v) is 7.26. The Balaban J connectivity index is 1.51. The molecule has 2 bridgehead atoms. The molecule has 5 rings (SSSR count). The molecule has 3 fully saturated rings. The number of hydrogen-bond acceptors (Lipinski definition) is 6. The lowest BCUT2D eigenvalue weighted by Crippen LogP contribution is -2.68. The number of fused-ring (bicyclic) bond motifs is 4. The summed E-state index contributed by atoms with van der Waals surface area (Å²) in [6.45, 7) is 2.62. The van der Waals surface area contributed by atoms with Crippen molar-refractivity contribution in [2.45, 2.75) is 37.8 Å². The molecule has 0 spiro atoms. The van der Waals surface area contributed by atoms with Crippen molar-refractivity contribution >= 4 is 17.5 Å². The SMILES string of the molecule is COc1nccc(N2C[C@H]3C[C@@H](C2)[C@H](C(=O)N2CC=CC2)N2C(=O)CCC[C@@H]32)c1C#N. The lowest BCUT2D eigenvalue weighted by molar-refractivity contribution is -0.160. The molecule has 8 nitrogen and oxygen atoms in total. The van der Waals surface area contributed by atoms with E-state index in [1.54, 1.807) is 6.20 Å². The summed E-state index contributed by atoms with van der Waals surface area (Å²) in [5.41, 5.74) is 1.22. The highest BCUT2D eigenvalue weighted by Gasteiger charge is 2.53. The lowest BCUT2D eigenvalue weighted by atomic mass is 9.71. The summed E-state index contributed by atoms with van der Waals surface area (Å²) < 4.78 is 5.31. The van der Waals surface area contributed by atoms with Crippen LogP contribution >= 0.6 is 0 Å². The van der Waals surface area contributed by atoms with Gasteiger partial charge in [0.1, 0.15) is 17.7 Å². The monoisotopic (exact) mass is 421 g/mol. The second kappa shape index (κ2) is 7.88. The summed E-state index contributed by atoms with van der Waals surface area (Å²) in [6.07, 6.45) is 8.95. The van der Waals surface area contributed by atoms with E-state index in [2.05, 4.69) is 16.0 Å². The summed E-state index contributed by atoms with van der Waals surface area (Å²) in [5.74, 6) is 0.822. The minimum Gasteiger partial charge on any atom is -0.480 e. The van der Waals surface area contributed by atoms with Crippen LogP contribution in [0.1, 0.15) is 31.2 Å². The number of nitriles is 1. The molecule has 0 aliphatic carbocycles. The maximum Gasteiger partial charge on any atom is 0.246 e. The number of pyridine rings is 1. The fraction of sp³-hybridized carbons (Fsp3) is 0.565. The van der Waals surface area contributed by atoms with Gasteiger partial charge in [-0.2, -0.15) is 5.26 Å². The summed E-state index contributed by atoms with van der Waals surface area (Å²) in [5, 5.41) is 9.75. The Morgan fingerprint density at radius 3 is 2.77 bits per heavy atom. The number of hydrogen-bond donors (Lipinski definition) is 0. The molecular formula is C23H27N5O3. The quantitative estimate of drug-likeness (QED) is 0.688. The molecule has 1 aromatic rings. The van der Waals surface area contributed by atoms with Crippen LogP contribution < -0.4 is 9.64 Å². The predicted molar refractivity (Wildman–Crippen MR) is 113 cm³/mol. The largest absolute Gasteiger partial charge is 0.480 e. The highest BCUT2D eigenvalue weighted by atomic mass is 16.5. The second-order valence-electron chi connectivity index (χ2n) is 8.91. The predicted octanol–water partition coefficient (Wildman–Crippen LogP) is 1.57. The molecule has 31 heavy (non-hydrogen) atoms.